The fourth-order valence-corrected chi connectivity index (χ4v) is 3.71. The van der Waals surface area contributed by atoms with Crippen molar-refractivity contribution in [3.8, 4) is 5.75 Å². The summed E-state index contributed by atoms with van der Waals surface area (Å²) in [6.07, 6.45) is 2.18. The van der Waals surface area contributed by atoms with Gasteiger partial charge in [0, 0.05) is 12.1 Å². The summed E-state index contributed by atoms with van der Waals surface area (Å²) in [5.41, 5.74) is 1.22. The highest BCUT2D eigenvalue weighted by atomic mass is 31.2. The van der Waals surface area contributed by atoms with Gasteiger partial charge in [-0.2, -0.15) is 0 Å². The van der Waals surface area contributed by atoms with E-state index in [2.05, 4.69) is 12.2 Å². The Kier molecular flexibility index (Phi) is 7.79. The monoisotopic (exact) mass is 315 g/mol. The number of aromatic hydroxyl groups is 1. The van der Waals surface area contributed by atoms with Crippen molar-refractivity contribution >= 4 is 13.3 Å². The fraction of sp³-hybridized carbons (Fsp3) is 0.600. The summed E-state index contributed by atoms with van der Waals surface area (Å²) < 4.78 is 23.1. The minimum atomic E-state index is -3.21. The van der Waals surface area contributed by atoms with Crippen molar-refractivity contribution in [3.05, 3.63) is 23.8 Å². The van der Waals surface area contributed by atoms with Gasteiger partial charge in [0.1, 0.15) is 5.75 Å². The van der Waals surface area contributed by atoms with E-state index in [0.717, 1.165) is 19.4 Å². The Morgan fingerprint density at radius 1 is 1.19 bits per heavy atom. The van der Waals surface area contributed by atoms with Gasteiger partial charge in [0.25, 0.3) is 0 Å². The zero-order valence-corrected chi connectivity index (χ0v) is 14.0. The lowest BCUT2D eigenvalue weighted by Gasteiger charge is -2.18. The minimum absolute atomic E-state index is 0.0732. The minimum Gasteiger partial charge on any atom is -0.505 e. The van der Waals surface area contributed by atoms with Crippen LogP contribution >= 0.6 is 7.60 Å². The smallest absolute Gasteiger partial charge is 0.335 e. The van der Waals surface area contributed by atoms with E-state index in [0.29, 0.717) is 24.5 Å². The van der Waals surface area contributed by atoms with Crippen molar-refractivity contribution in [1.82, 2.24) is 0 Å². The molecule has 0 unspecified atom stereocenters. The normalized spacial score (nSPS) is 11.6. The van der Waals surface area contributed by atoms with E-state index in [9.17, 15) is 9.67 Å². The first-order chi connectivity index (χ1) is 10.1. The van der Waals surface area contributed by atoms with Gasteiger partial charge in [-0.15, -0.1) is 0 Å². The molecule has 1 aromatic carbocycles. The molecule has 0 aliphatic heterocycles. The van der Waals surface area contributed by atoms with Gasteiger partial charge in [0.15, 0.2) is 0 Å². The average Bonchev–Trinajstić information content (AvgIpc) is 2.43. The van der Waals surface area contributed by atoms with Crippen LogP contribution in [0.4, 0.5) is 5.69 Å². The van der Waals surface area contributed by atoms with Crippen LogP contribution in [-0.4, -0.2) is 24.9 Å². The molecule has 1 aromatic rings. The molecule has 0 aliphatic rings. The highest BCUT2D eigenvalue weighted by molar-refractivity contribution is 7.53. The first-order valence-electron chi connectivity index (χ1n) is 7.49. The van der Waals surface area contributed by atoms with E-state index >= 15 is 0 Å². The highest BCUT2D eigenvalue weighted by Gasteiger charge is 2.26. The number of hydrogen-bond donors (Lipinski definition) is 2. The number of nitrogens with one attached hydrogen (secondary N) is 1. The Bertz CT molecular complexity index is 469. The molecule has 6 heteroatoms. The van der Waals surface area contributed by atoms with E-state index in [1.807, 2.05) is 6.07 Å². The summed E-state index contributed by atoms with van der Waals surface area (Å²) in [6.45, 7) is 7.07. The number of anilines is 1. The molecule has 0 bridgehead atoms. The summed E-state index contributed by atoms with van der Waals surface area (Å²) in [6, 6.07) is 5.37. The molecule has 0 heterocycles. The lowest BCUT2D eigenvalue weighted by Crippen LogP contribution is -2.03. The lowest BCUT2D eigenvalue weighted by molar-refractivity contribution is 0.219. The molecular weight excluding hydrogens is 289 g/mol. The van der Waals surface area contributed by atoms with Gasteiger partial charge in [-0.1, -0.05) is 25.5 Å². The van der Waals surface area contributed by atoms with Gasteiger partial charge >= 0.3 is 7.60 Å². The molecule has 0 aliphatic carbocycles. The number of para-hydroxylation sites is 1. The number of hydrogen-bond acceptors (Lipinski definition) is 5. The Hall–Kier alpha value is -1.03. The quantitative estimate of drug-likeness (QED) is 0.381. The Labute approximate surface area is 127 Å². The van der Waals surface area contributed by atoms with Gasteiger partial charge in [0.05, 0.1) is 25.1 Å². The van der Waals surface area contributed by atoms with Crippen molar-refractivity contribution in [2.24, 2.45) is 0 Å². The molecule has 21 heavy (non-hydrogen) atoms. The maximum atomic E-state index is 12.5. The molecule has 0 radical (unpaired) electrons. The number of phenolic OH excluding ortho intramolecular Hbond substituents is 1. The molecule has 0 saturated carbocycles. The summed E-state index contributed by atoms with van der Waals surface area (Å²) in [4.78, 5) is 0. The van der Waals surface area contributed by atoms with Crippen molar-refractivity contribution in [2.75, 3.05) is 25.1 Å². The molecule has 1 rings (SSSR count). The number of benzene rings is 1. The fourth-order valence-electron chi connectivity index (χ4n) is 1.99. The molecule has 0 aromatic heterocycles. The predicted octanol–water partition coefficient (Wildman–Crippen LogP) is 4.37. The van der Waals surface area contributed by atoms with Crippen LogP contribution in [0.3, 0.4) is 0 Å². The number of unbranched alkanes of at least 4 members (excludes halogenated alkanes) is 1. The standard InChI is InChI=1S/C15H26NO4P/c1-4-7-11-16-14-10-8-9-13(15(14)17)12-21(18,19-5-2)20-6-3/h8-10,16-17H,4-7,11-12H2,1-3H3. The lowest BCUT2D eigenvalue weighted by atomic mass is 10.2. The zero-order chi connectivity index (χ0) is 15.7. The molecule has 120 valence electrons. The van der Waals surface area contributed by atoms with Gasteiger partial charge in [-0.05, 0) is 26.3 Å². The van der Waals surface area contributed by atoms with Crippen LogP contribution in [0.15, 0.2) is 18.2 Å². The molecule has 0 atom stereocenters. The first-order valence-corrected chi connectivity index (χ1v) is 9.22. The highest BCUT2D eigenvalue weighted by Crippen LogP contribution is 2.52. The van der Waals surface area contributed by atoms with E-state index in [1.165, 1.54) is 0 Å². The first kappa shape index (κ1) is 18.0. The molecule has 0 fully saturated rings. The Morgan fingerprint density at radius 3 is 2.43 bits per heavy atom. The van der Waals surface area contributed by atoms with Crippen molar-refractivity contribution in [2.45, 2.75) is 39.8 Å². The molecule has 0 spiro atoms. The van der Waals surface area contributed by atoms with E-state index in [-0.39, 0.29) is 11.9 Å². The largest absolute Gasteiger partial charge is 0.505 e. The molecular formula is C15H26NO4P. The van der Waals surface area contributed by atoms with Crippen LogP contribution in [-0.2, 0) is 19.8 Å². The summed E-state index contributed by atoms with van der Waals surface area (Å²) >= 11 is 0. The van der Waals surface area contributed by atoms with Gasteiger partial charge in [-0.25, -0.2) is 0 Å². The number of phenols is 1. The Balaban J connectivity index is 2.87. The number of rotatable bonds is 10. The SMILES string of the molecule is CCCCNc1cccc(CP(=O)(OCC)OCC)c1O. The second-order valence-electron chi connectivity index (χ2n) is 4.70. The topological polar surface area (TPSA) is 67.8 Å². The third-order valence-electron chi connectivity index (χ3n) is 2.98. The van der Waals surface area contributed by atoms with Crippen molar-refractivity contribution in [1.29, 1.82) is 0 Å². The van der Waals surface area contributed by atoms with Gasteiger partial charge in [0.2, 0.25) is 0 Å². The van der Waals surface area contributed by atoms with Crippen LogP contribution in [0, 0.1) is 0 Å². The second kappa shape index (κ2) is 9.08. The summed E-state index contributed by atoms with van der Waals surface area (Å²) in [5, 5.41) is 13.5. The second-order valence-corrected chi connectivity index (χ2v) is 6.75. The Morgan fingerprint density at radius 2 is 1.86 bits per heavy atom. The zero-order valence-electron chi connectivity index (χ0n) is 13.1. The van der Waals surface area contributed by atoms with Crippen LogP contribution in [0.25, 0.3) is 0 Å². The maximum absolute atomic E-state index is 12.5. The van der Waals surface area contributed by atoms with E-state index in [4.69, 9.17) is 9.05 Å². The maximum Gasteiger partial charge on any atom is 0.335 e. The molecule has 5 nitrogen and oxygen atoms in total. The molecule has 0 saturated heterocycles. The molecule has 2 N–H and O–H groups in total. The summed E-state index contributed by atoms with van der Waals surface area (Å²) in [7, 11) is -3.21. The van der Waals surface area contributed by atoms with Crippen LogP contribution in [0.1, 0.15) is 39.2 Å². The third-order valence-corrected chi connectivity index (χ3v) is 5.01. The summed E-state index contributed by atoms with van der Waals surface area (Å²) in [5.74, 6) is 0.119. The van der Waals surface area contributed by atoms with Crippen LogP contribution < -0.4 is 5.32 Å². The third kappa shape index (κ3) is 5.70. The average molecular weight is 315 g/mol. The van der Waals surface area contributed by atoms with Crippen molar-refractivity contribution < 1.29 is 18.7 Å². The molecule has 0 amide bonds. The van der Waals surface area contributed by atoms with Crippen LogP contribution in [0.5, 0.6) is 5.75 Å². The predicted molar refractivity (Wildman–Crippen MR) is 86.1 cm³/mol. The van der Waals surface area contributed by atoms with E-state index < -0.39 is 7.60 Å². The van der Waals surface area contributed by atoms with Gasteiger partial charge < -0.3 is 19.5 Å². The van der Waals surface area contributed by atoms with Crippen LogP contribution in [0.2, 0.25) is 0 Å². The van der Waals surface area contributed by atoms with Crippen molar-refractivity contribution in [3.63, 3.8) is 0 Å². The van der Waals surface area contributed by atoms with E-state index in [1.54, 1.807) is 26.0 Å². The van der Waals surface area contributed by atoms with Gasteiger partial charge in [-0.3, -0.25) is 4.57 Å².